The van der Waals surface area contributed by atoms with E-state index in [2.05, 4.69) is 10.6 Å². The van der Waals surface area contributed by atoms with E-state index in [9.17, 15) is 29.1 Å². The van der Waals surface area contributed by atoms with E-state index in [1.54, 1.807) is 0 Å². The number of nitrogens with one attached hydrogen (secondary N) is 3. The van der Waals surface area contributed by atoms with Crippen LogP contribution in [0.25, 0.3) is 0 Å². The molecule has 0 aliphatic rings. The van der Waals surface area contributed by atoms with E-state index in [1.807, 2.05) is 5.32 Å². The minimum atomic E-state index is -1.77. The highest BCUT2D eigenvalue weighted by Gasteiger charge is 2.32. The van der Waals surface area contributed by atoms with Crippen LogP contribution in [0.3, 0.4) is 0 Å². The van der Waals surface area contributed by atoms with Gasteiger partial charge in [0.05, 0.1) is 19.1 Å². The van der Waals surface area contributed by atoms with E-state index in [0.717, 1.165) is 6.92 Å². The molecule has 0 aromatic carbocycles. The fourth-order valence-corrected chi connectivity index (χ4v) is 1.79. The fraction of sp³-hybridized carbons (Fsp3) is 0.643. The zero-order valence-corrected chi connectivity index (χ0v) is 14.7. The molecule has 0 aliphatic carbocycles. The van der Waals surface area contributed by atoms with E-state index >= 15 is 0 Å². The second-order valence-corrected chi connectivity index (χ2v) is 5.74. The molecule has 0 saturated carbocycles. The van der Waals surface area contributed by atoms with Crippen LogP contribution in [0, 0.1) is 0 Å². The van der Waals surface area contributed by atoms with Gasteiger partial charge >= 0.3 is 11.9 Å². The highest BCUT2D eigenvalue weighted by molar-refractivity contribution is 5.94. The van der Waals surface area contributed by atoms with Gasteiger partial charge < -0.3 is 42.1 Å². The molecular formula is C14H24N4O9. The number of aliphatic hydroxyl groups excluding tert-OH is 2. The van der Waals surface area contributed by atoms with Crippen LogP contribution in [0.15, 0.2) is 0 Å². The lowest BCUT2D eigenvalue weighted by molar-refractivity contribution is -0.147. The first-order chi connectivity index (χ1) is 12.4. The summed E-state index contributed by atoms with van der Waals surface area (Å²) in [6.07, 6.45) is -2.37. The van der Waals surface area contributed by atoms with Gasteiger partial charge in [0.15, 0.2) is 0 Å². The molecule has 0 bridgehead atoms. The van der Waals surface area contributed by atoms with Crippen molar-refractivity contribution in [1.29, 1.82) is 0 Å². The maximum atomic E-state index is 12.1. The number of rotatable bonds is 11. The quantitative estimate of drug-likeness (QED) is 0.169. The molecule has 0 saturated heterocycles. The van der Waals surface area contributed by atoms with Gasteiger partial charge in [0.2, 0.25) is 17.7 Å². The first kappa shape index (κ1) is 24.2. The Labute approximate surface area is 153 Å². The summed E-state index contributed by atoms with van der Waals surface area (Å²) < 4.78 is 0. The minimum absolute atomic E-state index is 0.654. The van der Waals surface area contributed by atoms with Crippen molar-refractivity contribution >= 4 is 29.7 Å². The monoisotopic (exact) mass is 392 g/mol. The first-order valence-electron chi connectivity index (χ1n) is 7.80. The van der Waals surface area contributed by atoms with Crippen molar-refractivity contribution in [2.45, 2.75) is 50.5 Å². The molecular weight excluding hydrogens is 368 g/mol. The van der Waals surface area contributed by atoms with Gasteiger partial charge in [0.25, 0.3) is 0 Å². The van der Waals surface area contributed by atoms with E-state index < -0.39 is 73.0 Å². The summed E-state index contributed by atoms with van der Waals surface area (Å²) in [7, 11) is 0. The number of aliphatic hydroxyl groups is 2. The fourth-order valence-electron chi connectivity index (χ4n) is 1.79. The van der Waals surface area contributed by atoms with E-state index in [4.69, 9.17) is 21.1 Å². The third kappa shape index (κ3) is 8.44. The maximum absolute atomic E-state index is 12.1. The van der Waals surface area contributed by atoms with Crippen LogP contribution in [0.4, 0.5) is 0 Å². The lowest BCUT2D eigenvalue weighted by Gasteiger charge is -2.24. The molecule has 13 heteroatoms. The molecule has 0 spiro atoms. The Kier molecular flexibility index (Phi) is 9.92. The lowest BCUT2D eigenvalue weighted by Crippen LogP contribution is -2.59. The van der Waals surface area contributed by atoms with Gasteiger partial charge in [-0.05, 0) is 13.8 Å². The van der Waals surface area contributed by atoms with Crippen molar-refractivity contribution < 1.29 is 44.4 Å². The molecule has 0 aromatic rings. The molecule has 0 fully saturated rings. The number of carbonyl (C=O) groups is 5. The molecule has 154 valence electrons. The van der Waals surface area contributed by atoms with Gasteiger partial charge in [-0.2, -0.15) is 0 Å². The van der Waals surface area contributed by atoms with Crippen LogP contribution >= 0.6 is 0 Å². The molecule has 27 heavy (non-hydrogen) atoms. The van der Waals surface area contributed by atoms with Gasteiger partial charge in [-0.15, -0.1) is 0 Å². The summed E-state index contributed by atoms with van der Waals surface area (Å²) in [5, 5.41) is 42.2. The molecule has 0 heterocycles. The standard InChI is InChI=1S/C14H24N4O9/c1-5(16-12(24)7(15)4-19)11(23)18-10(6(2)20)13(25)17-8(14(26)27)3-9(21)22/h5-8,10,19-20H,3-4,15H2,1-2H3,(H,16,24)(H,17,25)(H,18,23)(H,21,22)(H,26,27). The smallest absolute Gasteiger partial charge is 0.326 e. The van der Waals surface area contributed by atoms with Crippen molar-refractivity contribution in [2.24, 2.45) is 5.73 Å². The second kappa shape index (κ2) is 11.1. The number of carboxylic acids is 2. The van der Waals surface area contributed by atoms with Crippen molar-refractivity contribution in [3.8, 4) is 0 Å². The Balaban J connectivity index is 5.03. The van der Waals surface area contributed by atoms with Crippen molar-refractivity contribution in [1.82, 2.24) is 16.0 Å². The number of carboxylic acid groups (broad SMARTS) is 2. The van der Waals surface area contributed by atoms with Gasteiger partial charge in [0, 0.05) is 0 Å². The average molecular weight is 392 g/mol. The van der Waals surface area contributed by atoms with Gasteiger partial charge in [0.1, 0.15) is 24.2 Å². The van der Waals surface area contributed by atoms with Gasteiger partial charge in [-0.3, -0.25) is 19.2 Å². The summed E-state index contributed by atoms with van der Waals surface area (Å²) >= 11 is 0. The summed E-state index contributed by atoms with van der Waals surface area (Å²) in [6.45, 7) is 1.74. The number of amides is 3. The predicted molar refractivity (Wildman–Crippen MR) is 88.1 cm³/mol. The third-order valence-electron chi connectivity index (χ3n) is 3.34. The molecule has 3 amide bonds. The number of carbonyl (C=O) groups excluding carboxylic acids is 3. The molecule has 5 unspecified atom stereocenters. The van der Waals surface area contributed by atoms with Crippen molar-refractivity contribution in [3.63, 3.8) is 0 Å². The Hall–Kier alpha value is -2.77. The zero-order chi connectivity index (χ0) is 21.3. The predicted octanol–water partition coefficient (Wildman–Crippen LogP) is -4.28. The van der Waals surface area contributed by atoms with E-state index in [-0.39, 0.29) is 0 Å². The molecule has 0 aromatic heterocycles. The van der Waals surface area contributed by atoms with E-state index in [0.29, 0.717) is 0 Å². The molecule has 13 nitrogen and oxygen atoms in total. The number of hydrogen-bond donors (Lipinski definition) is 8. The lowest BCUT2D eigenvalue weighted by atomic mass is 10.1. The van der Waals surface area contributed by atoms with Crippen LogP contribution in [0.2, 0.25) is 0 Å². The number of nitrogens with two attached hydrogens (primary N) is 1. The van der Waals surface area contributed by atoms with Gasteiger partial charge in [-0.25, -0.2) is 4.79 Å². The topological polar surface area (TPSA) is 228 Å². The Morgan fingerprint density at radius 3 is 1.89 bits per heavy atom. The van der Waals surface area contributed by atoms with Crippen LogP contribution in [0.1, 0.15) is 20.3 Å². The van der Waals surface area contributed by atoms with Crippen LogP contribution in [-0.4, -0.2) is 87.0 Å². The third-order valence-corrected chi connectivity index (χ3v) is 3.34. The largest absolute Gasteiger partial charge is 0.481 e. The normalized spacial score (nSPS) is 16.2. The van der Waals surface area contributed by atoms with Crippen LogP contribution in [0.5, 0.6) is 0 Å². The highest BCUT2D eigenvalue weighted by atomic mass is 16.4. The average Bonchev–Trinajstić information content (AvgIpc) is 2.56. The molecule has 0 radical (unpaired) electrons. The molecule has 0 rings (SSSR count). The summed E-state index contributed by atoms with van der Waals surface area (Å²) in [4.78, 5) is 57.4. The minimum Gasteiger partial charge on any atom is -0.481 e. The molecule has 9 N–H and O–H groups in total. The number of hydrogen-bond acceptors (Lipinski definition) is 8. The molecule has 0 aliphatic heterocycles. The number of aliphatic carboxylic acids is 2. The summed E-state index contributed by atoms with van der Waals surface area (Å²) in [5.74, 6) is -5.94. The van der Waals surface area contributed by atoms with Crippen LogP contribution in [-0.2, 0) is 24.0 Å². The Bertz CT molecular complexity index is 581. The Morgan fingerprint density at radius 1 is 0.926 bits per heavy atom. The summed E-state index contributed by atoms with van der Waals surface area (Å²) in [5.41, 5.74) is 5.28. The first-order valence-corrected chi connectivity index (χ1v) is 7.80. The van der Waals surface area contributed by atoms with E-state index in [1.165, 1.54) is 6.92 Å². The van der Waals surface area contributed by atoms with Gasteiger partial charge in [-0.1, -0.05) is 0 Å². The zero-order valence-electron chi connectivity index (χ0n) is 14.7. The SMILES string of the molecule is CC(NC(=O)C(N)CO)C(=O)NC(C(=O)NC(CC(=O)O)C(=O)O)C(C)O. The Morgan fingerprint density at radius 2 is 1.48 bits per heavy atom. The summed E-state index contributed by atoms with van der Waals surface area (Å²) in [6, 6.07) is -5.84. The highest BCUT2D eigenvalue weighted by Crippen LogP contribution is 1.99. The second-order valence-electron chi connectivity index (χ2n) is 5.74. The van der Waals surface area contributed by atoms with Crippen LogP contribution < -0.4 is 21.7 Å². The molecule has 5 atom stereocenters. The van der Waals surface area contributed by atoms with Crippen molar-refractivity contribution in [2.75, 3.05) is 6.61 Å². The van der Waals surface area contributed by atoms with Crippen molar-refractivity contribution in [3.05, 3.63) is 0 Å². The maximum Gasteiger partial charge on any atom is 0.326 e.